The van der Waals surface area contributed by atoms with Gasteiger partial charge in [0, 0.05) is 31.9 Å². The molecule has 11 heteroatoms. The van der Waals surface area contributed by atoms with Crippen LogP contribution in [0.15, 0.2) is 54.6 Å². The molecule has 0 spiro atoms. The molecule has 1 saturated heterocycles. The third-order valence-electron chi connectivity index (χ3n) is 6.17. The summed E-state index contributed by atoms with van der Waals surface area (Å²) in [6.07, 6.45) is -5.11. The van der Waals surface area contributed by atoms with Crippen molar-refractivity contribution in [1.82, 2.24) is 15.8 Å². The summed E-state index contributed by atoms with van der Waals surface area (Å²) in [4.78, 5) is 26.6. The van der Waals surface area contributed by atoms with E-state index < -0.39 is 35.9 Å². The van der Waals surface area contributed by atoms with Crippen LogP contribution in [0.4, 0.5) is 23.7 Å². The molecule has 3 rings (SSSR count). The van der Waals surface area contributed by atoms with Crippen LogP contribution in [0.25, 0.3) is 0 Å². The predicted molar refractivity (Wildman–Crippen MR) is 142 cm³/mol. The molecule has 0 saturated carbocycles. The SMILES string of the molecule is CC(C)(C)OC(=O)NN(Cc1ccc(N2CCCC2)cc1)C[C@H](O)[C@H](Cc1ccccc1)NC(=O)C(F)(F)F. The van der Waals surface area contributed by atoms with Crippen molar-refractivity contribution < 1.29 is 32.6 Å². The number of halogens is 3. The fourth-order valence-electron chi connectivity index (χ4n) is 4.34. The molecule has 2 aromatic carbocycles. The van der Waals surface area contributed by atoms with Gasteiger partial charge in [0.05, 0.1) is 12.1 Å². The fraction of sp³-hybridized carbons (Fsp3) is 0.500. The average Bonchev–Trinajstić information content (AvgIpc) is 3.38. The summed E-state index contributed by atoms with van der Waals surface area (Å²) in [6.45, 7) is 6.95. The van der Waals surface area contributed by atoms with E-state index in [1.54, 1.807) is 51.1 Å². The van der Waals surface area contributed by atoms with Gasteiger partial charge in [0.1, 0.15) is 5.60 Å². The summed E-state index contributed by atoms with van der Waals surface area (Å²) < 4.78 is 44.5. The number of carbonyl (C=O) groups excluding carboxylic acids is 2. The Labute approximate surface area is 227 Å². The Morgan fingerprint density at radius 1 is 1.00 bits per heavy atom. The summed E-state index contributed by atoms with van der Waals surface area (Å²) in [7, 11) is 0. The molecule has 2 amide bonds. The molecule has 39 heavy (non-hydrogen) atoms. The van der Waals surface area contributed by atoms with Gasteiger partial charge in [0.25, 0.3) is 0 Å². The summed E-state index contributed by atoms with van der Waals surface area (Å²) in [6, 6.07) is 15.0. The van der Waals surface area contributed by atoms with Crippen molar-refractivity contribution in [2.45, 2.75) is 70.5 Å². The second-order valence-electron chi connectivity index (χ2n) is 10.7. The maximum Gasteiger partial charge on any atom is 0.471 e. The molecule has 1 aliphatic rings. The highest BCUT2D eigenvalue weighted by molar-refractivity contribution is 5.82. The molecular formula is C28H37F3N4O4. The zero-order valence-corrected chi connectivity index (χ0v) is 22.5. The summed E-state index contributed by atoms with van der Waals surface area (Å²) in [5.74, 6) is -2.15. The lowest BCUT2D eigenvalue weighted by atomic mass is 10.0. The van der Waals surface area contributed by atoms with Gasteiger partial charge in [-0.1, -0.05) is 42.5 Å². The number of nitrogens with one attached hydrogen (secondary N) is 2. The van der Waals surface area contributed by atoms with Crippen LogP contribution in [0.2, 0.25) is 0 Å². The lowest BCUT2D eigenvalue weighted by molar-refractivity contribution is -0.175. The van der Waals surface area contributed by atoms with Crippen LogP contribution in [0.5, 0.6) is 0 Å². The Hall–Kier alpha value is -3.31. The highest BCUT2D eigenvalue weighted by Gasteiger charge is 2.41. The van der Waals surface area contributed by atoms with Crippen LogP contribution < -0.4 is 15.6 Å². The Bertz CT molecular complexity index is 1070. The Kier molecular flexibility index (Phi) is 10.2. The number of amides is 2. The molecule has 0 aromatic heterocycles. The number of rotatable bonds is 10. The molecule has 214 valence electrons. The number of hydrogen-bond acceptors (Lipinski definition) is 6. The molecule has 0 aliphatic carbocycles. The Morgan fingerprint density at radius 2 is 1.62 bits per heavy atom. The van der Waals surface area contributed by atoms with Gasteiger partial charge in [0.2, 0.25) is 0 Å². The van der Waals surface area contributed by atoms with E-state index >= 15 is 0 Å². The van der Waals surface area contributed by atoms with Crippen LogP contribution in [0, 0.1) is 0 Å². The smallest absolute Gasteiger partial charge is 0.443 e. The standard InChI is InChI=1S/C28H37F3N4O4/c1-27(2,3)39-26(38)33-35(18-21-11-13-22(14-12-21)34-15-7-8-16-34)19-24(36)23(32-25(37)28(29,30)31)17-20-9-5-4-6-10-20/h4-6,9-14,23-24,36H,7-8,15-19H2,1-3H3,(H,32,37)(H,33,38)/t23-,24-/m0/s1. The molecule has 8 nitrogen and oxygen atoms in total. The topological polar surface area (TPSA) is 94.1 Å². The second-order valence-corrected chi connectivity index (χ2v) is 10.7. The molecule has 0 unspecified atom stereocenters. The highest BCUT2D eigenvalue weighted by Crippen LogP contribution is 2.21. The number of anilines is 1. The molecule has 3 N–H and O–H groups in total. The third-order valence-corrected chi connectivity index (χ3v) is 6.17. The zero-order valence-electron chi connectivity index (χ0n) is 22.5. The molecule has 2 aromatic rings. The van der Waals surface area contributed by atoms with Gasteiger partial charge >= 0.3 is 18.2 Å². The normalized spacial score (nSPS) is 15.6. The minimum atomic E-state index is -5.11. The van der Waals surface area contributed by atoms with E-state index in [1.165, 1.54) is 5.01 Å². The van der Waals surface area contributed by atoms with Crippen molar-refractivity contribution in [2.75, 3.05) is 24.5 Å². The van der Waals surface area contributed by atoms with Gasteiger partial charge in [-0.15, -0.1) is 0 Å². The number of carbonyl (C=O) groups is 2. The number of aliphatic hydroxyl groups excluding tert-OH is 1. The summed E-state index contributed by atoms with van der Waals surface area (Å²) >= 11 is 0. The molecule has 1 fully saturated rings. The highest BCUT2D eigenvalue weighted by atomic mass is 19.4. The average molecular weight is 551 g/mol. The van der Waals surface area contributed by atoms with Crippen molar-refractivity contribution in [3.63, 3.8) is 0 Å². The Balaban J connectivity index is 1.78. The Morgan fingerprint density at radius 3 is 2.18 bits per heavy atom. The lowest BCUT2D eigenvalue weighted by Crippen LogP contribution is -2.55. The maximum atomic E-state index is 13.1. The molecule has 1 aliphatic heterocycles. The van der Waals surface area contributed by atoms with E-state index in [4.69, 9.17) is 4.74 Å². The van der Waals surface area contributed by atoms with Gasteiger partial charge in [0.15, 0.2) is 0 Å². The number of ether oxygens (including phenoxy) is 1. The van der Waals surface area contributed by atoms with Gasteiger partial charge in [-0.3, -0.25) is 10.2 Å². The van der Waals surface area contributed by atoms with E-state index in [0.29, 0.717) is 5.56 Å². The summed E-state index contributed by atoms with van der Waals surface area (Å²) in [5.41, 5.74) is 4.32. The quantitative estimate of drug-likeness (QED) is 0.385. The van der Waals surface area contributed by atoms with Crippen LogP contribution in [0.3, 0.4) is 0 Å². The van der Waals surface area contributed by atoms with Crippen molar-refractivity contribution in [3.8, 4) is 0 Å². The largest absolute Gasteiger partial charge is 0.471 e. The van der Waals surface area contributed by atoms with E-state index in [0.717, 1.165) is 37.2 Å². The first-order valence-corrected chi connectivity index (χ1v) is 13.0. The van der Waals surface area contributed by atoms with Crippen LogP contribution >= 0.6 is 0 Å². The van der Waals surface area contributed by atoms with E-state index in [1.807, 2.05) is 29.6 Å². The van der Waals surface area contributed by atoms with E-state index in [9.17, 15) is 27.9 Å². The van der Waals surface area contributed by atoms with E-state index in [-0.39, 0.29) is 19.5 Å². The third kappa shape index (κ3) is 10.1. The van der Waals surface area contributed by atoms with Crippen molar-refractivity contribution in [1.29, 1.82) is 0 Å². The molecular weight excluding hydrogens is 513 g/mol. The van der Waals surface area contributed by atoms with Gasteiger partial charge in [-0.2, -0.15) is 13.2 Å². The van der Waals surface area contributed by atoms with Crippen molar-refractivity contribution in [3.05, 3.63) is 65.7 Å². The molecule has 2 atom stereocenters. The number of benzene rings is 2. The first-order valence-electron chi connectivity index (χ1n) is 13.0. The predicted octanol–water partition coefficient (Wildman–Crippen LogP) is 4.18. The van der Waals surface area contributed by atoms with Crippen LogP contribution in [0.1, 0.15) is 44.7 Å². The van der Waals surface area contributed by atoms with Gasteiger partial charge in [-0.05, 0) is 63.3 Å². The van der Waals surface area contributed by atoms with Gasteiger partial charge < -0.3 is 20.1 Å². The maximum absolute atomic E-state index is 13.1. The zero-order chi connectivity index (χ0) is 28.6. The first-order chi connectivity index (χ1) is 18.3. The minimum absolute atomic E-state index is 0.0470. The molecule has 0 bridgehead atoms. The fourth-order valence-corrected chi connectivity index (χ4v) is 4.34. The number of hydrazine groups is 1. The second kappa shape index (κ2) is 13.2. The van der Waals surface area contributed by atoms with Crippen molar-refractivity contribution >= 4 is 17.7 Å². The van der Waals surface area contributed by atoms with Crippen LogP contribution in [-0.2, 0) is 22.5 Å². The monoisotopic (exact) mass is 550 g/mol. The molecule has 0 radical (unpaired) electrons. The summed E-state index contributed by atoms with van der Waals surface area (Å²) in [5, 5.41) is 14.3. The number of aliphatic hydroxyl groups is 1. The molecule has 1 heterocycles. The number of hydrogen-bond donors (Lipinski definition) is 3. The number of alkyl halides is 3. The first kappa shape index (κ1) is 30.2. The minimum Gasteiger partial charge on any atom is -0.443 e. The van der Waals surface area contributed by atoms with Crippen LogP contribution in [-0.4, -0.2) is 65.7 Å². The van der Waals surface area contributed by atoms with Gasteiger partial charge in [-0.25, -0.2) is 9.80 Å². The lowest BCUT2D eigenvalue weighted by Gasteiger charge is -2.31. The van der Waals surface area contributed by atoms with Crippen molar-refractivity contribution in [2.24, 2.45) is 0 Å². The number of nitrogens with zero attached hydrogens (tertiary/aromatic N) is 2. The van der Waals surface area contributed by atoms with E-state index in [2.05, 4.69) is 10.3 Å².